The van der Waals surface area contributed by atoms with E-state index >= 15 is 0 Å². The molecule has 0 saturated carbocycles. The first kappa shape index (κ1) is 11.1. The number of anilines is 1. The van der Waals surface area contributed by atoms with E-state index in [0.717, 1.165) is 6.20 Å². The molecule has 0 saturated heterocycles. The van der Waals surface area contributed by atoms with Crippen molar-refractivity contribution in [1.82, 2.24) is 14.5 Å². The van der Waals surface area contributed by atoms with Gasteiger partial charge in [0.05, 0.1) is 18.6 Å². The Morgan fingerprint density at radius 2 is 2.06 bits per heavy atom. The van der Waals surface area contributed by atoms with Crippen LogP contribution in [-0.2, 0) is 0 Å². The summed E-state index contributed by atoms with van der Waals surface area (Å²) in [5.74, 6) is -0.444. The van der Waals surface area contributed by atoms with E-state index in [4.69, 9.17) is 5.73 Å². The van der Waals surface area contributed by atoms with Crippen molar-refractivity contribution in [2.24, 2.45) is 0 Å². The maximum Gasteiger partial charge on any atom is 0.169 e. The fraction of sp³-hybridized carbons (Fsp3) is 0.273. The molecule has 1 aliphatic rings. The number of halogens is 1. The molecule has 2 heterocycles. The molecule has 2 aromatic rings. The van der Waals surface area contributed by atoms with Crippen LogP contribution in [0.25, 0.3) is 11.0 Å². The second-order valence-corrected chi connectivity index (χ2v) is 4.20. The van der Waals surface area contributed by atoms with E-state index in [1.54, 1.807) is 6.08 Å². The van der Waals surface area contributed by atoms with Gasteiger partial charge in [-0.3, -0.25) is 0 Å². The van der Waals surface area contributed by atoms with Gasteiger partial charge in [0.1, 0.15) is 29.1 Å². The number of hydrogen-bond donors (Lipinski definition) is 3. The van der Waals surface area contributed by atoms with Crippen LogP contribution < -0.4 is 5.73 Å². The average Bonchev–Trinajstić information content (AvgIpc) is 2.91. The predicted molar refractivity (Wildman–Crippen MR) is 62.1 cm³/mol. The number of fused-ring (bicyclic) bond motifs is 1. The molecule has 2 aromatic heterocycles. The second kappa shape index (κ2) is 3.76. The van der Waals surface area contributed by atoms with Crippen LogP contribution in [0.15, 0.2) is 24.7 Å². The minimum atomic E-state index is -1.01. The Kier molecular flexibility index (Phi) is 2.32. The molecule has 3 atom stereocenters. The number of imidazole rings is 1. The van der Waals surface area contributed by atoms with Gasteiger partial charge >= 0.3 is 0 Å². The summed E-state index contributed by atoms with van der Waals surface area (Å²) in [6, 6.07) is -0.532. The lowest BCUT2D eigenvalue weighted by molar-refractivity contribution is 0.0376. The summed E-state index contributed by atoms with van der Waals surface area (Å²) in [6.07, 6.45) is 3.53. The first-order valence-electron chi connectivity index (χ1n) is 5.40. The van der Waals surface area contributed by atoms with E-state index in [-0.39, 0.29) is 11.3 Å². The molecule has 0 unspecified atom stereocenters. The van der Waals surface area contributed by atoms with Gasteiger partial charge in [-0.2, -0.15) is 0 Å². The Hall–Kier alpha value is -1.99. The van der Waals surface area contributed by atoms with Crippen LogP contribution >= 0.6 is 0 Å². The third-order valence-electron chi connectivity index (χ3n) is 3.11. The molecule has 18 heavy (non-hydrogen) atoms. The summed E-state index contributed by atoms with van der Waals surface area (Å²) in [5, 5.41) is 19.3. The number of aromatic nitrogens is 3. The van der Waals surface area contributed by atoms with Crippen LogP contribution in [0.5, 0.6) is 0 Å². The van der Waals surface area contributed by atoms with Crippen molar-refractivity contribution in [2.45, 2.75) is 18.2 Å². The molecule has 7 heteroatoms. The molecular weight excluding hydrogens is 239 g/mol. The first-order valence-corrected chi connectivity index (χ1v) is 5.40. The standard InChI is InChI=1S/C11H11FN4O2/c12-5-3-14-11(13)9-8(5)15-4-16(9)6-1-2-7(17)10(6)18/h1-4,6-7,10,17-18H,(H2,13,14)/t6-,7-,10+/m1/s1. The monoisotopic (exact) mass is 250 g/mol. The Balaban J connectivity index is 2.19. The van der Waals surface area contributed by atoms with E-state index in [1.807, 2.05) is 0 Å². The molecule has 1 aliphatic carbocycles. The van der Waals surface area contributed by atoms with Gasteiger partial charge in [0.15, 0.2) is 5.82 Å². The smallest absolute Gasteiger partial charge is 0.169 e. The quantitative estimate of drug-likeness (QED) is 0.618. The molecule has 0 radical (unpaired) electrons. The molecule has 94 valence electrons. The summed E-state index contributed by atoms with van der Waals surface area (Å²) in [5.41, 5.74) is 6.13. The number of nitrogens with zero attached hydrogens (tertiary/aromatic N) is 3. The van der Waals surface area contributed by atoms with Crippen LogP contribution in [-0.4, -0.2) is 37.0 Å². The lowest BCUT2D eigenvalue weighted by Gasteiger charge is -2.18. The van der Waals surface area contributed by atoms with Gasteiger partial charge in [0.2, 0.25) is 0 Å². The maximum absolute atomic E-state index is 13.5. The molecule has 0 amide bonds. The van der Waals surface area contributed by atoms with Crippen molar-refractivity contribution >= 4 is 16.9 Å². The molecule has 3 rings (SSSR count). The topological polar surface area (TPSA) is 97.2 Å². The SMILES string of the molecule is Nc1ncc(F)c2ncn([C@@H]3C=C[C@@H](O)[C@H]3O)c12. The van der Waals surface area contributed by atoms with Crippen molar-refractivity contribution in [3.8, 4) is 0 Å². The van der Waals surface area contributed by atoms with E-state index in [0.29, 0.717) is 5.52 Å². The van der Waals surface area contributed by atoms with Gasteiger partial charge < -0.3 is 20.5 Å². The van der Waals surface area contributed by atoms with E-state index in [2.05, 4.69) is 9.97 Å². The van der Waals surface area contributed by atoms with Crippen molar-refractivity contribution in [3.05, 3.63) is 30.5 Å². The zero-order chi connectivity index (χ0) is 12.9. The third kappa shape index (κ3) is 1.41. The molecule has 0 fully saturated rings. The summed E-state index contributed by atoms with van der Waals surface area (Å²) in [7, 11) is 0. The van der Waals surface area contributed by atoms with Gasteiger partial charge in [0.25, 0.3) is 0 Å². The Morgan fingerprint density at radius 3 is 2.72 bits per heavy atom. The van der Waals surface area contributed by atoms with Crippen LogP contribution in [0.3, 0.4) is 0 Å². The normalized spacial score (nSPS) is 27.2. The second-order valence-electron chi connectivity index (χ2n) is 4.20. The predicted octanol–water partition coefficient (Wildman–Crippen LogP) is -0.0147. The number of aliphatic hydroxyl groups is 2. The van der Waals surface area contributed by atoms with Crippen molar-refractivity contribution in [2.75, 3.05) is 5.73 Å². The van der Waals surface area contributed by atoms with Crippen LogP contribution in [0.4, 0.5) is 10.2 Å². The highest BCUT2D eigenvalue weighted by Crippen LogP contribution is 2.30. The first-order chi connectivity index (χ1) is 8.59. The van der Waals surface area contributed by atoms with Crippen LogP contribution in [0, 0.1) is 5.82 Å². The number of aliphatic hydroxyl groups excluding tert-OH is 2. The fourth-order valence-electron chi connectivity index (χ4n) is 2.18. The van der Waals surface area contributed by atoms with Crippen molar-refractivity contribution in [1.29, 1.82) is 0 Å². The minimum absolute atomic E-state index is 0.101. The maximum atomic E-state index is 13.5. The zero-order valence-electron chi connectivity index (χ0n) is 9.23. The summed E-state index contributed by atoms with van der Waals surface area (Å²) in [6.45, 7) is 0. The fourth-order valence-corrected chi connectivity index (χ4v) is 2.18. The lowest BCUT2D eigenvalue weighted by atomic mass is 10.2. The minimum Gasteiger partial charge on any atom is -0.388 e. The highest BCUT2D eigenvalue weighted by molar-refractivity contribution is 5.85. The highest BCUT2D eigenvalue weighted by atomic mass is 19.1. The van der Waals surface area contributed by atoms with Gasteiger partial charge in [-0.25, -0.2) is 14.4 Å². The van der Waals surface area contributed by atoms with E-state index in [9.17, 15) is 14.6 Å². The zero-order valence-corrected chi connectivity index (χ0v) is 9.23. The summed E-state index contributed by atoms with van der Waals surface area (Å²) >= 11 is 0. The number of pyridine rings is 1. The lowest BCUT2D eigenvalue weighted by Crippen LogP contribution is -2.27. The van der Waals surface area contributed by atoms with Crippen molar-refractivity contribution < 1.29 is 14.6 Å². The van der Waals surface area contributed by atoms with Crippen LogP contribution in [0.2, 0.25) is 0 Å². The van der Waals surface area contributed by atoms with Crippen molar-refractivity contribution in [3.63, 3.8) is 0 Å². The highest BCUT2D eigenvalue weighted by Gasteiger charge is 2.31. The number of hydrogen-bond acceptors (Lipinski definition) is 5. The number of nitrogen functional groups attached to an aromatic ring is 1. The van der Waals surface area contributed by atoms with E-state index < -0.39 is 24.1 Å². The molecule has 0 aliphatic heterocycles. The summed E-state index contributed by atoms with van der Waals surface area (Å²) < 4.78 is 15.0. The largest absolute Gasteiger partial charge is 0.388 e. The molecular formula is C11H11FN4O2. The van der Waals surface area contributed by atoms with E-state index in [1.165, 1.54) is 17.0 Å². The number of nitrogens with two attached hydrogens (primary N) is 1. The Morgan fingerprint density at radius 1 is 1.28 bits per heavy atom. The Bertz CT molecular complexity index is 639. The number of rotatable bonds is 1. The Labute approximate surface area is 101 Å². The van der Waals surface area contributed by atoms with Crippen LogP contribution in [0.1, 0.15) is 6.04 Å². The van der Waals surface area contributed by atoms with Gasteiger partial charge in [-0.1, -0.05) is 12.2 Å². The third-order valence-corrected chi connectivity index (χ3v) is 3.11. The van der Waals surface area contributed by atoms with Gasteiger partial charge in [0, 0.05) is 0 Å². The van der Waals surface area contributed by atoms with Gasteiger partial charge in [-0.15, -0.1) is 0 Å². The molecule has 0 spiro atoms. The molecule has 0 aromatic carbocycles. The average molecular weight is 250 g/mol. The summed E-state index contributed by atoms with van der Waals surface area (Å²) in [4.78, 5) is 7.65. The molecule has 0 bridgehead atoms. The molecule has 6 nitrogen and oxygen atoms in total. The van der Waals surface area contributed by atoms with Gasteiger partial charge in [-0.05, 0) is 0 Å². The molecule has 4 N–H and O–H groups in total.